The van der Waals surface area contributed by atoms with E-state index < -0.39 is 0 Å². The lowest BCUT2D eigenvalue weighted by Crippen LogP contribution is -2.19. The van der Waals surface area contributed by atoms with E-state index in [1.54, 1.807) is 10.6 Å². The van der Waals surface area contributed by atoms with Gasteiger partial charge in [-0.1, -0.05) is 42.8 Å². The van der Waals surface area contributed by atoms with E-state index in [1.165, 1.54) is 0 Å². The number of nitrogens with zero attached hydrogens (tertiary/aromatic N) is 1. The molecule has 0 aliphatic heterocycles. The molecule has 3 rings (SSSR count). The fraction of sp³-hybridized carbons (Fsp3) is 0.190. The molecule has 0 saturated carbocycles. The summed E-state index contributed by atoms with van der Waals surface area (Å²) in [5.74, 6) is 0. The molecular weight excluding hydrogens is 332 g/mol. The molecule has 25 heavy (non-hydrogen) atoms. The van der Waals surface area contributed by atoms with Gasteiger partial charge in [0.1, 0.15) is 0 Å². The smallest absolute Gasteiger partial charge is 0.250 e. The maximum atomic E-state index is 12.2. The first-order chi connectivity index (χ1) is 12.2. The lowest BCUT2D eigenvalue weighted by molar-refractivity contribution is 0.761. The van der Waals surface area contributed by atoms with Crippen LogP contribution in [-0.4, -0.2) is 11.1 Å². The third kappa shape index (κ3) is 4.52. The third-order valence-corrected chi connectivity index (χ3v) is 4.30. The molecule has 2 aromatic carbocycles. The summed E-state index contributed by atoms with van der Waals surface area (Å²) in [4.78, 5) is 12.2. The molecule has 0 bridgehead atoms. The highest BCUT2D eigenvalue weighted by molar-refractivity contribution is 6.30. The number of nitrogens with one attached hydrogen (secondary N) is 1. The van der Waals surface area contributed by atoms with Gasteiger partial charge >= 0.3 is 0 Å². The van der Waals surface area contributed by atoms with Crippen molar-refractivity contribution in [3.63, 3.8) is 0 Å². The highest BCUT2D eigenvalue weighted by Gasteiger charge is 2.03. The van der Waals surface area contributed by atoms with Gasteiger partial charge in [-0.05, 0) is 53.4 Å². The number of benzene rings is 2. The van der Waals surface area contributed by atoms with Crippen LogP contribution in [0.3, 0.4) is 0 Å². The number of pyridine rings is 1. The first-order valence-electron chi connectivity index (χ1n) is 8.45. The molecule has 128 valence electrons. The lowest BCUT2D eigenvalue weighted by Gasteiger charge is -2.10. The lowest BCUT2D eigenvalue weighted by atomic mass is 10.1. The number of hydrogen-bond donors (Lipinski definition) is 1. The van der Waals surface area contributed by atoms with Crippen LogP contribution in [0.15, 0.2) is 71.7 Å². The normalized spacial score (nSPS) is 10.6. The summed E-state index contributed by atoms with van der Waals surface area (Å²) in [6.07, 6.45) is 3.00. The number of halogens is 1. The van der Waals surface area contributed by atoms with E-state index in [1.807, 2.05) is 36.5 Å². The van der Waals surface area contributed by atoms with Gasteiger partial charge in [0.25, 0.3) is 5.56 Å². The van der Waals surface area contributed by atoms with E-state index in [0.29, 0.717) is 11.6 Å². The molecule has 0 fully saturated rings. The molecule has 0 saturated heterocycles. The Hall–Kier alpha value is -2.52. The highest BCUT2D eigenvalue weighted by Crippen LogP contribution is 2.21. The second kappa shape index (κ2) is 8.04. The zero-order valence-electron chi connectivity index (χ0n) is 14.2. The number of hydrogen-bond acceptors (Lipinski definition) is 2. The fourth-order valence-electron chi connectivity index (χ4n) is 2.66. The monoisotopic (exact) mass is 352 g/mol. The van der Waals surface area contributed by atoms with Crippen LogP contribution in [0.1, 0.15) is 18.9 Å². The molecule has 0 amide bonds. The average molecular weight is 353 g/mol. The van der Waals surface area contributed by atoms with Crippen LogP contribution in [0.2, 0.25) is 5.02 Å². The molecular formula is C21H21ClN2O. The molecule has 3 nitrogen and oxygen atoms in total. The van der Waals surface area contributed by atoms with E-state index in [0.717, 1.165) is 35.3 Å². The molecule has 0 spiro atoms. The van der Waals surface area contributed by atoms with Crippen LogP contribution < -0.4 is 10.9 Å². The van der Waals surface area contributed by atoms with Gasteiger partial charge in [-0.25, -0.2) is 0 Å². The standard InChI is InChI=1S/C21H21ClN2O/c1-2-13-23-20-10-5-17(6-11-20)18-7-12-21(25)24(15-18)14-16-3-8-19(22)9-4-16/h3-12,15,23H,2,13-14H2,1H3. The van der Waals surface area contributed by atoms with Gasteiger partial charge in [0.2, 0.25) is 0 Å². The molecule has 1 N–H and O–H groups in total. The molecule has 0 aliphatic rings. The molecule has 4 heteroatoms. The van der Waals surface area contributed by atoms with Gasteiger partial charge in [-0.2, -0.15) is 0 Å². The highest BCUT2D eigenvalue weighted by atomic mass is 35.5. The van der Waals surface area contributed by atoms with Gasteiger partial charge in [-0.15, -0.1) is 0 Å². The molecule has 0 unspecified atom stereocenters. The Kier molecular flexibility index (Phi) is 5.56. The minimum atomic E-state index is -0.0140. The van der Waals surface area contributed by atoms with E-state index in [9.17, 15) is 4.79 Å². The van der Waals surface area contributed by atoms with Gasteiger partial charge in [0, 0.05) is 29.5 Å². The number of anilines is 1. The van der Waals surface area contributed by atoms with Crippen molar-refractivity contribution in [1.82, 2.24) is 4.57 Å². The van der Waals surface area contributed by atoms with E-state index >= 15 is 0 Å². The third-order valence-electron chi connectivity index (χ3n) is 4.05. The summed E-state index contributed by atoms with van der Waals surface area (Å²) < 4.78 is 1.72. The summed E-state index contributed by atoms with van der Waals surface area (Å²) in [5.41, 5.74) is 4.25. The zero-order valence-corrected chi connectivity index (χ0v) is 15.0. The summed E-state index contributed by atoms with van der Waals surface area (Å²) in [6.45, 7) is 3.64. The van der Waals surface area contributed by atoms with Gasteiger partial charge < -0.3 is 9.88 Å². The van der Waals surface area contributed by atoms with Crippen molar-refractivity contribution < 1.29 is 0 Å². The predicted octanol–water partition coefficient (Wildman–Crippen LogP) is 5.04. The number of aromatic nitrogens is 1. The summed E-state index contributed by atoms with van der Waals surface area (Å²) in [5, 5.41) is 4.06. The van der Waals surface area contributed by atoms with Crippen LogP contribution in [0.4, 0.5) is 5.69 Å². The average Bonchev–Trinajstić information content (AvgIpc) is 2.64. The molecule has 0 aliphatic carbocycles. The topological polar surface area (TPSA) is 34.0 Å². The summed E-state index contributed by atoms with van der Waals surface area (Å²) >= 11 is 5.92. The Balaban J connectivity index is 1.83. The van der Waals surface area contributed by atoms with Crippen LogP contribution in [-0.2, 0) is 6.54 Å². The van der Waals surface area contributed by atoms with Crippen LogP contribution >= 0.6 is 11.6 Å². The summed E-state index contributed by atoms with van der Waals surface area (Å²) in [6, 6.07) is 19.3. The van der Waals surface area contributed by atoms with E-state index in [4.69, 9.17) is 11.6 Å². The zero-order chi connectivity index (χ0) is 17.6. The molecule has 1 heterocycles. The van der Waals surface area contributed by atoms with Crippen molar-refractivity contribution in [2.45, 2.75) is 19.9 Å². The van der Waals surface area contributed by atoms with Crippen molar-refractivity contribution in [3.05, 3.63) is 87.8 Å². The first-order valence-corrected chi connectivity index (χ1v) is 8.83. The Morgan fingerprint density at radius 3 is 2.28 bits per heavy atom. The van der Waals surface area contributed by atoms with Crippen molar-refractivity contribution in [2.24, 2.45) is 0 Å². The van der Waals surface area contributed by atoms with Gasteiger partial charge in [-0.3, -0.25) is 4.79 Å². The van der Waals surface area contributed by atoms with Crippen LogP contribution in [0.25, 0.3) is 11.1 Å². The Morgan fingerprint density at radius 1 is 0.920 bits per heavy atom. The SMILES string of the molecule is CCCNc1ccc(-c2ccc(=O)n(Cc3ccc(Cl)cc3)c2)cc1. The van der Waals surface area contributed by atoms with Crippen LogP contribution in [0, 0.1) is 0 Å². The molecule has 0 atom stereocenters. The molecule has 0 radical (unpaired) electrons. The van der Waals surface area contributed by atoms with Crippen molar-refractivity contribution in [1.29, 1.82) is 0 Å². The fourth-order valence-corrected chi connectivity index (χ4v) is 2.79. The van der Waals surface area contributed by atoms with Gasteiger partial charge in [0.15, 0.2) is 0 Å². The second-order valence-corrected chi connectivity index (χ2v) is 6.45. The number of rotatable bonds is 6. The van der Waals surface area contributed by atoms with Crippen molar-refractivity contribution >= 4 is 17.3 Å². The predicted molar refractivity (Wildman–Crippen MR) is 105 cm³/mol. The largest absolute Gasteiger partial charge is 0.385 e. The van der Waals surface area contributed by atoms with Crippen molar-refractivity contribution in [2.75, 3.05) is 11.9 Å². The second-order valence-electron chi connectivity index (χ2n) is 6.01. The maximum absolute atomic E-state index is 12.2. The molecule has 3 aromatic rings. The van der Waals surface area contributed by atoms with Crippen molar-refractivity contribution in [3.8, 4) is 11.1 Å². The van der Waals surface area contributed by atoms with Crippen LogP contribution in [0.5, 0.6) is 0 Å². The maximum Gasteiger partial charge on any atom is 0.250 e. The Labute approximate surface area is 152 Å². The van der Waals surface area contributed by atoms with E-state index in [2.05, 4.69) is 36.5 Å². The summed E-state index contributed by atoms with van der Waals surface area (Å²) in [7, 11) is 0. The molecule has 1 aromatic heterocycles. The van der Waals surface area contributed by atoms with E-state index in [-0.39, 0.29) is 5.56 Å². The Bertz CT molecular complexity index is 883. The quantitative estimate of drug-likeness (QED) is 0.674. The first kappa shape index (κ1) is 17.3. The minimum Gasteiger partial charge on any atom is -0.385 e. The minimum absolute atomic E-state index is 0.0140. The Morgan fingerprint density at radius 2 is 1.60 bits per heavy atom. The van der Waals surface area contributed by atoms with Gasteiger partial charge in [0.05, 0.1) is 6.54 Å².